The molecule has 5 aromatic rings. The number of nitrogens with zero attached hydrogens (tertiary/aromatic N) is 2. The molecule has 4 nitrogen and oxygen atoms in total. The molecule has 0 amide bonds. The smallest absolute Gasteiger partial charge is 0.0559 e. The molecule has 4 heteroatoms. The van der Waals surface area contributed by atoms with E-state index in [1.165, 1.54) is 55.5 Å². The van der Waals surface area contributed by atoms with Gasteiger partial charge in [0.15, 0.2) is 0 Å². The van der Waals surface area contributed by atoms with Crippen molar-refractivity contribution in [2.45, 2.75) is 92.2 Å². The minimum atomic E-state index is -0.259. The third-order valence-electron chi connectivity index (χ3n) is 11.9. The lowest BCUT2D eigenvalue weighted by molar-refractivity contribution is 0.744. The Bertz CT molecular complexity index is 2700. The standard InChI is InChI=1S/C53H50N4.C3H6.2C2H6/c1-3-4-15-34-56-50-23-14-13-22-47(50)48-35-41(28-33-51(48)56)38-24-29-44(30-25-38)57(43-19-9-6-10-20-43)45-31-26-40(27-32-45)52(54)37(2)53-46-21-12-11-18-42(46)36-49(55-53)39-16-7-5-8-17-39;1-3-2;2*1-2/h3-7,9-16,18-19,21-24,26-36,38,43,52,55H,8,17,20,25,54H2,1-2H3;3H,1H2,2H3;2*1-2H3/b4-3-,34-15-,53-37-;;;. The van der Waals surface area contributed by atoms with Gasteiger partial charge in [-0.1, -0.05) is 161 Å². The molecule has 0 bridgehead atoms. The summed E-state index contributed by atoms with van der Waals surface area (Å²) in [4.78, 5) is 2.49. The molecule has 1 aliphatic heterocycles. The summed E-state index contributed by atoms with van der Waals surface area (Å²) in [6.07, 6.45) is 39.1. The molecule has 9 rings (SSSR count). The van der Waals surface area contributed by atoms with Crippen LogP contribution in [0.5, 0.6) is 0 Å². The van der Waals surface area contributed by atoms with Gasteiger partial charge in [-0.3, -0.25) is 0 Å². The molecular formula is C60H68N4. The summed E-state index contributed by atoms with van der Waals surface area (Å²) >= 11 is 0. The van der Waals surface area contributed by atoms with Crippen LogP contribution in [0, 0.1) is 0 Å². The van der Waals surface area contributed by atoms with Crippen molar-refractivity contribution in [2.24, 2.45) is 5.73 Å². The third-order valence-corrected chi connectivity index (χ3v) is 11.9. The molecule has 0 saturated heterocycles. The number of hydrogen-bond acceptors (Lipinski definition) is 3. The second-order valence-corrected chi connectivity index (χ2v) is 15.8. The fourth-order valence-electron chi connectivity index (χ4n) is 8.79. The summed E-state index contributed by atoms with van der Waals surface area (Å²) in [5.41, 5.74) is 21.6. The highest BCUT2D eigenvalue weighted by atomic mass is 15.2. The van der Waals surface area contributed by atoms with Gasteiger partial charge in [0.2, 0.25) is 0 Å². The summed E-state index contributed by atoms with van der Waals surface area (Å²) in [6, 6.07) is 33.2. The van der Waals surface area contributed by atoms with Gasteiger partial charge >= 0.3 is 0 Å². The molecule has 0 radical (unpaired) electrons. The first kappa shape index (κ1) is 46.9. The highest BCUT2D eigenvalue weighted by Gasteiger charge is 2.25. The van der Waals surface area contributed by atoms with E-state index in [4.69, 9.17) is 5.73 Å². The molecule has 4 aliphatic rings. The number of nitrogens with two attached hydrogens (primary N) is 1. The van der Waals surface area contributed by atoms with Gasteiger partial charge in [0.05, 0.1) is 23.1 Å². The molecule has 2 heterocycles. The van der Waals surface area contributed by atoms with E-state index in [0.717, 1.165) is 48.2 Å². The minimum absolute atomic E-state index is 0.223. The average molecular weight is 845 g/mol. The van der Waals surface area contributed by atoms with Crippen LogP contribution in [-0.4, -0.2) is 10.6 Å². The Labute approximate surface area is 384 Å². The van der Waals surface area contributed by atoms with Crippen LogP contribution in [0.15, 0.2) is 205 Å². The van der Waals surface area contributed by atoms with Crippen molar-refractivity contribution < 1.29 is 0 Å². The largest absolute Gasteiger partial charge is 0.355 e. The van der Waals surface area contributed by atoms with E-state index in [0.29, 0.717) is 5.92 Å². The minimum Gasteiger partial charge on any atom is -0.355 e. The molecule has 1 aromatic heterocycles. The maximum absolute atomic E-state index is 7.12. The van der Waals surface area contributed by atoms with E-state index in [2.05, 4.69) is 211 Å². The molecule has 0 fully saturated rings. The number of anilines is 1. The zero-order valence-electron chi connectivity index (χ0n) is 39.1. The highest BCUT2D eigenvalue weighted by Crippen LogP contribution is 2.39. The van der Waals surface area contributed by atoms with Crippen LogP contribution in [0.25, 0.3) is 39.8 Å². The lowest BCUT2D eigenvalue weighted by Crippen LogP contribution is -2.33. The molecule has 3 unspecified atom stereocenters. The molecule has 4 aromatic carbocycles. The molecule has 3 aliphatic carbocycles. The number of rotatable bonds is 9. The first-order valence-corrected chi connectivity index (χ1v) is 23.4. The Morgan fingerprint density at radius 1 is 0.828 bits per heavy atom. The summed E-state index contributed by atoms with van der Waals surface area (Å²) in [6.45, 7) is 17.5. The van der Waals surface area contributed by atoms with Crippen molar-refractivity contribution in [3.05, 3.63) is 227 Å². The van der Waals surface area contributed by atoms with E-state index in [1.54, 1.807) is 6.08 Å². The van der Waals surface area contributed by atoms with E-state index in [-0.39, 0.29) is 12.1 Å². The Morgan fingerprint density at radius 2 is 1.58 bits per heavy atom. The predicted molar refractivity (Wildman–Crippen MR) is 282 cm³/mol. The van der Waals surface area contributed by atoms with Crippen LogP contribution in [0.4, 0.5) is 5.69 Å². The number of para-hydroxylation sites is 1. The van der Waals surface area contributed by atoms with Crippen molar-refractivity contribution in [3.8, 4) is 0 Å². The van der Waals surface area contributed by atoms with Gasteiger partial charge in [0.25, 0.3) is 0 Å². The summed E-state index contributed by atoms with van der Waals surface area (Å²) in [5, 5.41) is 6.38. The van der Waals surface area contributed by atoms with Crippen LogP contribution in [-0.2, 0) is 0 Å². The van der Waals surface area contributed by atoms with Gasteiger partial charge in [0, 0.05) is 51.2 Å². The maximum atomic E-state index is 7.12. The summed E-state index contributed by atoms with van der Waals surface area (Å²) in [7, 11) is 0. The van der Waals surface area contributed by atoms with Crippen molar-refractivity contribution in [1.29, 1.82) is 0 Å². The third kappa shape index (κ3) is 10.4. The Kier molecular flexibility index (Phi) is 17.0. The molecule has 328 valence electrons. The van der Waals surface area contributed by atoms with Gasteiger partial charge in [0.1, 0.15) is 0 Å². The zero-order chi connectivity index (χ0) is 45.4. The second kappa shape index (κ2) is 23.2. The normalized spacial score (nSPS) is 18.6. The lowest BCUT2D eigenvalue weighted by atomic mass is 9.89. The summed E-state index contributed by atoms with van der Waals surface area (Å²) < 4.78 is 2.30. The van der Waals surface area contributed by atoms with E-state index in [9.17, 15) is 0 Å². The topological polar surface area (TPSA) is 46.2 Å². The highest BCUT2D eigenvalue weighted by molar-refractivity contribution is 6.09. The zero-order valence-corrected chi connectivity index (χ0v) is 39.1. The van der Waals surface area contributed by atoms with Crippen molar-refractivity contribution in [3.63, 3.8) is 0 Å². The molecular weight excluding hydrogens is 777 g/mol. The molecule has 3 atom stereocenters. The van der Waals surface area contributed by atoms with Crippen LogP contribution < -0.4 is 16.0 Å². The monoisotopic (exact) mass is 845 g/mol. The van der Waals surface area contributed by atoms with Gasteiger partial charge < -0.3 is 20.5 Å². The Morgan fingerprint density at radius 3 is 2.28 bits per heavy atom. The Balaban J connectivity index is 0.000000922. The van der Waals surface area contributed by atoms with Gasteiger partial charge in [-0.2, -0.15) is 0 Å². The van der Waals surface area contributed by atoms with E-state index >= 15 is 0 Å². The number of fused-ring (bicyclic) bond motifs is 4. The number of allylic oxidation sites excluding steroid dienone is 13. The number of benzene rings is 4. The number of nitrogens with one attached hydrogen (secondary N) is 1. The van der Waals surface area contributed by atoms with Crippen LogP contribution in [0.2, 0.25) is 0 Å². The molecule has 0 saturated carbocycles. The summed E-state index contributed by atoms with van der Waals surface area (Å²) in [5.74, 6) is 0.304. The first-order chi connectivity index (χ1) is 31.5. The van der Waals surface area contributed by atoms with Crippen LogP contribution in [0.1, 0.15) is 108 Å². The van der Waals surface area contributed by atoms with Gasteiger partial charge in [-0.15, -0.1) is 6.58 Å². The first-order valence-electron chi connectivity index (χ1n) is 23.4. The maximum Gasteiger partial charge on any atom is 0.0559 e. The SMILES string of the molecule is C/C=C\C=C/n1c2ccccc2c2cc(C3C=CC(N(c4ccc(C(N)/C(C)=C5\NC(C6=CC=CCC6)=Cc6ccccc65)cc4)C4C=CC=CC4)=CC3)ccc21.C=CC.CC.CC. The predicted octanol–water partition coefficient (Wildman–Crippen LogP) is 16.1. The van der Waals surface area contributed by atoms with Gasteiger partial charge in [-0.25, -0.2) is 0 Å². The fraction of sp³-hybridized carbons (Fsp3) is 0.233. The fourth-order valence-corrected chi connectivity index (χ4v) is 8.79. The van der Waals surface area contributed by atoms with E-state index in [1.807, 2.05) is 41.5 Å². The average Bonchev–Trinajstić information content (AvgIpc) is 3.68. The van der Waals surface area contributed by atoms with E-state index < -0.39 is 0 Å². The van der Waals surface area contributed by atoms with Crippen molar-refractivity contribution in [1.82, 2.24) is 9.88 Å². The van der Waals surface area contributed by atoms with Crippen LogP contribution >= 0.6 is 0 Å². The van der Waals surface area contributed by atoms with Crippen LogP contribution in [0.3, 0.4) is 0 Å². The molecule has 0 spiro atoms. The quantitative estimate of drug-likeness (QED) is 0.115. The van der Waals surface area contributed by atoms with Crippen molar-refractivity contribution in [2.75, 3.05) is 4.90 Å². The van der Waals surface area contributed by atoms with Crippen molar-refractivity contribution >= 4 is 45.5 Å². The number of aromatic nitrogens is 1. The Hall–Kier alpha value is -6.62. The lowest BCUT2D eigenvalue weighted by Gasteiger charge is -2.35. The second-order valence-electron chi connectivity index (χ2n) is 15.8. The van der Waals surface area contributed by atoms with Gasteiger partial charge in [-0.05, 0) is 123 Å². The molecule has 64 heavy (non-hydrogen) atoms. The molecule has 3 N–H and O–H groups in total. The number of hydrogen-bond donors (Lipinski definition) is 2.